The molecule has 2 N–H and O–H groups in total. The van der Waals surface area contributed by atoms with Gasteiger partial charge < -0.3 is 5.73 Å². The number of hydrogen-bond acceptors (Lipinski definition) is 5. The van der Waals surface area contributed by atoms with E-state index in [9.17, 15) is 8.42 Å². The molecule has 1 aliphatic rings. The summed E-state index contributed by atoms with van der Waals surface area (Å²) in [7, 11) is -3.21. The van der Waals surface area contributed by atoms with Crippen LogP contribution in [0.4, 0.5) is 0 Å². The molecule has 14 heavy (non-hydrogen) atoms. The van der Waals surface area contributed by atoms with Gasteiger partial charge in [-0.25, -0.2) is 18.4 Å². The molecular weight excluding hydrogens is 202 g/mol. The Morgan fingerprint density at radius 3 is 2.21 bits per heavy atom. The largest absolute Gasteiger partial charge is 0.319 e. The van der Waals surface area contributed by atoms with Gasteiger partial charge in [-0.15, -0.1) is 0 Å². The third-order valence-corrected chi connectivity index (χ3v) is 3.36. The molecule has 0 aromatic carbocycles. The van der Waals surface area contributed by atoms with Gasteiger partial charge in [0.05, 0.1) is 5.54 Å². The molecule has 1 aromatic rings. The number of aromatic nitrogens is 2. The standard InChI is InChI=1S/C8H11N3O2S/c1-14(12,13)6-4-10-7(11-5-6)8(9)2-3-8/h4-5H,2-3,9H2,1H3. The molecule has 1 heterocycles. The lowest BCUT2D eigenvalue weighted by atomic mass is 10.3. The van der Waals surface area contributed by atoms with Crippen molar-refractivity contribution < 1.29 is 8.42 Å². The van der Waals surface area contributed by atoms with Crippen LogP contribution in [0.3, 0.4) is 0 Å². The molecule has 76 valence electrons. The Hall–Kier alpha value is -1.01. The van der Waals surface area contributed by atoms with Crippen LogP contribution in [0.15, 0.2) is 17.3 Å². The Kier molecular flexibility index (Phi) is 1.87. The van der Waals surface area contributed by atoms with E-state index >= 15 is 0 Å². The van der Waals surface area contributed by atoms with Crippen molar-refractivity contribution in [1.82, 2.24) is 9.97 Å². The predicted octanol–water partition coefficient (Wildman–Crippen LogP) is -0.172. The maximum Gasteiger partial charge on any atom is 0.178 e. The summed E-state index contributed by atoms with van der Waals surface area (Å²) in [6, 6.07) is 0. The van der Waals surface area contributed by atoms with Crippen LogP contribution in [-0.4, -0.2) is 24.6 Å². The second-order valence-electron chi connectivity index (χ2n) is 3.67. The van der Waals surface area contributed by atoms with Gasteiger partial charge in [0, 0.05) is 18.6 Å². The minimum atomic E-state index is -3.21. The van der Waals surface area contributed by atoms with Crippen LogP contribution in [0, 0.1) is 0 Å². The van der Waals surface area contributed by atoms with Gasteiger partial charge in [0.2, 0.25) is 0 Å². The first-order valence-corrected chi connectivity index (χ1v) is 6.12. The number of nitrogens with zero attached hydrogens (tertiary/aromatic N) is 2. The van der Waals surface area contributed by atoms with Crippen molar-refractivity contribution in [2.75, 3.05) is 6.26 Å². The average Bonchev–Trinajstić information content (AvgIpc) is 2.84. The third-order valence-electron chi connectivity index (χ3n) is 2.29. The molecule has 0 aliphatic heterocycles. The lowest BCUT2D eigenvalue weighted by Gasteiger charge is -2.06. The lowest BCUT2D eigenvalue weighted by Crippen LogP contribution is -2.22. The summed E-state index contributed by atoms with van der Waals surface area (Å²) in [5.41, 5.74) is 5.45. The minimum Gasteiger partial charge on any atom is -0.319 e. The van der Waals surface area contributed by atoms with Crippen LogP contribution in [0.1, 0.15) is 18.7 Å². The fraction of sp³-hybridized carbons (Fsp3) is 0.500. The molecule has 0 saturated heterocycles. The molecule has 0 radical (unpaired) electrons. The molecule has 1 aromatic heterocycles. The van der Waals surface area contributed by atoms with E-state index in [0.29, 0.717) is 5.82 Å². The zero-order chi connectivity index (χ0) is 10.4. The number of sulfone groups is 1. The van der Waals surface area contributed by atoms with E-state index in [1.165, 1.54) is 12.4 Å². The molecule has 5 nitrogen and oxygen atoms in total. The quantitative estimate of drug-likeness (QED) is 0.737. The van der Waals surface area contributed by atoms with E-state index in [1.807, 2.05) is 0 Å². The summed E-state index contributed by atoms with van der Waals surface area (Å²) >= 11 is 0. The second kappa shape index (κ2) is 2.74. The van der Waals surface area contributed by atoms with Crippen LogP contribution in [0.25, 0.3) is 0 Å². The molecule has 0 bridgehead atoms. The smallest absolute Gasteiger partial charge is 0.178 e. The maximum absolute atomic E-state index is 11.1. The van der Waals surface area contributed by atoms with Gasteiger partial charge in [0.15, 0.2) is 9.84 Å². The molecule has 1 fully saturated rings. The summed E-state index contributed by atoms with van der Waals surface area (Å²) in [6.07, 6.45) is 5.48. The highest BCUT2D eigenvalue weighted by Gasteiger charge is 2.42. The van der Waals surface area contributed by atoms with Crippen molar-refractivity contribution in [2.24, 2.45) is 5.73 Å². The summed E-state index contributed by atoms with van der Waals surface area (Å²) < 4.78 is 22.2. The number of nitrogens with two attached hydrogens (primary N) is 1. The van der Waals surface area contributed by atoms with Crippen molar-refractivity contribution in [2.45, 2.75) is 23.3 Å². The van der Waals surface area contributed by atoms with E-state index in [0.717, 1.165) is 19.1 Å². The molecular formula is C8H11N3O2S. The molecule has 1 aliphatic carbocycles. The normalized spacial score (nSPS) is 19.3. The van der Waals surface area contributed by atoms with Crippen molar-refractivity contribution in [1.29, 1.82) is 0 Å². The third kappa shape index (κ3) is 1.62. The topological polar surface area (TPSA) is 85.9 Å². The monoisotopic (exact) mass is 213 g/mol. The second-order valence-corrected chi connectivity index (χ2v) is 5.69. The van der Waals surface area contributed by atoms with Gasteiger partial charge in [-0.2, -0.15) is 0 Å². The highest BCUT2D eigenvalue weighted by Crippen LogP contribution is 2.40. The van der Waals surface area contributed by atoms with Crippen molar-refractivity contribution in [3.8, 4) is 0 Å². The zero-order valence-electron chi connectivity index (χ0n) is 7.77. The van der Waals surface area contributed by atoms with E-state index in [4.69, 9.17) is 5.73 Å². The van der Waals surface area contributed by atoms with Gasteiger partial charge in [-0.05, 0) is 12.8 Å². The van der Waals surface area contributed by atoms with Gasteiger partial charge in [-0.1, -0.05) is 0 Å². The average molecular weight is 213 g/mol. The number of hydrogen-bond donors (Lipinski definition) is 1. The number of rotatable bonds is 2. The molecule has 6 heteroatoms. The Morgan fingerprint density at radius 1 is 1.36 bits per heavy atom. The summed E-state index contributed by atoms with van der Waals surface area (Å²) in [5, 5.41) is 0. The Labute approximate surface area is 82.3 Å². The summed E-state index contributed by atoms with van der Waals surface area (Å²) in [4.78, 5) is 8.06. The lowest BCUT2D eigenvalue weighted by molar-refractivity contribution is 0.599. The van der Waals surface area contributed by atoms with Gasteiger partial charge >= 0.3 is 0 Å². The minimum absolute atomic E-state index is 0.130. The molecule has 2 rings (SSSR count). The van der Waals surface area contributed by atoms with Crippen LogP contribution < -0.4 is 5.73 Å². The van der Waals surface area contributed by atoms with Gasteiger partial charge in [-0.3, -0.25) is 0 Å². The van der Waals surface area contributed by atoms with E-state index in [-0.39, 0.29) is 4.90 Å². The van der Waals surface area contributed by atoms with Crippen LogP contribution in [-0.2, 0) is 15.4 Å². The van der Waals surface area contributed by atoms with Crippen molar-refractivity contribution >= 4 is 9.84 Å². The summed E-state index contributed by atoms with van der Waals surface area (Å²) in [5.74, 6) is 0.532. The highest BCUT2D eigenvalue weighted by atomic mass is 32.2. The predicted molar refractivity (Wildman–Crippen MR) is 50.2 cm³/mol. The maximum atomic E-state index is 11.1. The fourth-order valence-corrected chi connectivity index (χ4v) is 1.61. The Morgan fingerprint density at radius 2 is 1.86 bits per heavy atom. The van der Waals surface area contributed by atoms with Gasteiger partial charge in [0.1, 0.15) is 10.7 Å². The highest BCUT2D eigenvalue weighted by molar-refractivity contribution is 7.90. The van der Waals surface area contributed by atoms with Crippen LogP contribution >= 0.6 is 0 Å². The molecule has 1 saturated carbocycles. The van der Waals surface area contributed by atoms with Crippen molar-refractivity contribution in [3.05, 3.63) is 18.2 Å². The first-order chi connectivity index (χ1) is 6.42. The summed E-state index contributed by atoms with van der Waals surface area (Å²) in [6.45, 7) is 0. The van der Waals surface area contributed by atoms with Gasteiger partial charge in [0.25, 0.3) is 0 Å². The fourth-order valence-electron chi connectivity index (χ4n) is 1.12. The van der Waals surface area contributed by atoms with E-state index in [1.54, 1.807) is 0 Å². The molecule has 0 amide bonds. The van der Waals surface area contributed by atoms with E-state index < -0.39 is 15.4 Å². The Balaban J connectivity index is 2.36. The van der Waals surface area contributed by atoms with Crippen molar-refractivity contribution in [3.63, 3.8) is 0 Å². The zero-order valence-corrected chi connectivity index (χ0v) is 8.58. The first kappa shape index (κ1) is 9.54. The molecule has 0 spiro atoms. The van der Waals surface area contributed by atoms with Crippen LogP contribution in [0.5, 0.6) is 0 Å². The first-order valence-electron chi connectivity index (χ1n) is 4.23. The Bertz CT molecular complexity index is 448. The molecule has 0 atom stereocenters. The van der Waals surface area contributed by atoms with Crippen LogP contribution in [0.2, 0.25) is 0 Å². The van der Waals surface area contributed by atoms with E-state index in [2.05, 4.69) is 9.97 Å². The SMILES string of the molecule is CS(=O)(=O)c1cnc(C2(N)CC2)nc1. The molecule has 0 unspecified atom stereocenters.